The molecule has 0 saturated carbocycles. The van der Waals surface area contributed by atoms with Crippen LogP contribution in [0.2, 0.25) is 0 Å². The van der Waals surface area contributed by atoms with E-state index >= 15 is 0 Å². The fourth-order valence-electron chi connectivity index (χ4n) is 3.59. The van der Waals surface area contributed by atoms with Crippen molar-refractivity contribution >= 4 is 11.2 Å². The quantitative estimate of drug-likeness (QED) is 0.492. The van der Waals surface area contributed by atoms with Gasteiger partial charge in [0.2, 0.25) is 0 Å². The Bertz CT molecular complexity index is 1380. The van der Waals surface area contributed by atoms with Gasteiger partial charge in [-0.1, -0.05) is 37.6 Å². The van der Waals surface area contributed by atoms with Crippen LogP contribution in [-0.2, 0) is 13.1 Å². The van der Waals surface area contributed by atoms with Crippen LogP contribution in [0.4, 0.5) is 8.78 Å². The molecule has 0 aliphatic carbocycles. The van der Waals surface area contributed by atoms with Crippen LogP contribution in [0.5, 0.6) is 0 Å². The molecule has 0 saturated heterocycles. The molecule has 8 heteroatoms. The van der Waals surface area contributed by atoms with E-state index in [0.717, 1.165) is 17.7 Å². The van der Waals surface area contributed by atoms with Gasteiger partial charge >= 0.3 is 5.69 Å². The second-order valence-electron chi connectivity index (χ2n) is 8.06. The average molecular weight is 424 g/mol. The zero-order valence-corrected chi connectivity index (χ0v) is 17.5. The van der Waals surface area contributed by atoms with Crippen molar-refractivity contribution in [2.24, 2.45) is 5.92 Å². The predicted molar refractivity (Wildman–Crippen MR) is 115 cm³/mol. The normalized spacial score (nSPS) is 11.5. The number of aromatic nitrogens is 4. The maximum Gasteiger partial charge on any atom is 0.337 e. The Kier molecular flexibility index (Phi) is 5.31. The summed E-state index contributed by atoms with van der Waals surface area (Å²) in [5, 5.41) is 0. The summed E-state index contributed by atoms with van der Waals surface area (Å²) in [6.07, 6.45) is 1.44. The highest BCUT2D eigenvalue weighted by Crippen LogP contribution is 2.17. The molecule has 0 aliphatic rings. The molecular weight excluding hydrogens is 402 g/mol. The third kappa shape index (κ3) is 3.81. The van der Waals surface area contributed by atoms with Crippen LogP contribution in [0.15, 0.2) is 58.4 Å². The summed E-state index contributed by atoms with van der Waals surface area (Å²) in [4.78, 5) is 30.9. The lowest BCUT2D eigenvalue weighted by atomic mass is 10.2. The second-order valence-corrected chi connectivity index (χ2v) is 8.06. The Labute approximate surface area is 177 Å². The van der Waals surface area contributed by atoms with Crippen molar-refractivity contribution in [1.29, 1.82) is 0 Å². The van der Waals surface area contributed by atoms with E-state index in [9.17, 15) is 18.4 Å². The molecule has 0 radical (unpaired) electrons. The number of nitrogens with zero attached hydrogens (tertiary/aromatic N) is 4. The number of imidazole rings is 1. The Hall–Kier alpha value is -3.55. The van der Waals surface area contributed by atoms with Gasteiger partial charge < -0.3 is 4.57 Å². The first kappa shape index (κ1) is 20.7. The third-order valence-electron chi connectivity index (χ3n) is 5.08. The molecule has 2 aromatic carbocycles. The standard InChI is InChI=1S/C23H22F2N4O2/c1-14(2)11-28-22(30)20-21(29(23(28)31)17-7-4-15(3)5-8-17)26-13-27(20)12-16-6-9-18(24)19(25)10-16/h4-10,13-14H,11-12H2,1-3H3. The van der Waals surface area contributed by atoms with Crippen LogP contribution in [-0.4, -0.2) is 18.7 Å². The highest BCUT2D eigenvalue weighted by Gasteiger charge is 2.20. The molecule has 2 aromatic heterocycles. The van der Waals surface area contributed by atoms with Crippen molar-refractivity contribution in [2.45, 2.75) is 33.9 Å². The van der Waals surface area contributed by atoms with Crippen LogP contribution >= 0.6 is 0 Å². The zero-order chi connectivity index (χ0) is 22.3. The molecule has 4 rings (SSSR count). The minimum absolute atomic E-state index is 0.0666. The predicted octanol–water partition coefficient (Wildman–Crippen LogP) is 3.64. The van der Waals surface area contributed by atoms with Gasteiger partial charge in [-0.25, -0.2) is 23.1 Å². The molecule has 6 nitrogen and oxygen atoms in total. The van der Waals surface area contributed by atoms with E-state index in [1.54, 1.807) is 16.7 Å². The summed E-state index contributed by atoms with van der Waals surface area (Å²) in [6.45, 7) is 6.14. The van der Waals surface area contributed by atoms with E-state index in [-0.39, 0.29) is 30.2 Å². The van der Waals surface area contributed by atoms with Gasteiger partial charge in [-0.05, 0) is 42.7 Å². The monoisotopic (exact) mass is 424 g/mol. The second kappa shape index (κ2) is 7.94. The van der Waals surface area contributed by atoms with Gasteiger partial charge in [0.25, 0.3) is 5.56 Å². The number of hydrogen-bond donors (Lipinski definition) is 0. The summed E-state index contributed by atoms with van der Waals surface area (Å²) in [6, 6.07) is 10.9. The number of fused-ring (bicyclic) bond motifs is 1. The first-order chi connectivity index (χ1) is 14.8. The highest BCUT2D eigenvalue weighted by molar-refractivity contribution is 5.72. The Balaban J connectivity index is 1.97. The van der Waals surface area contributed by atoms with Crippen molar-refractivity contribution in [1.82, 2.24) is 18.7 Å². The molecule has 160 valence electrons. The lowest BCUT2D eigenvalue weighted by molar-refractivity contribution is 0.489. The topological polar surface area (TPSA) is 61.8 Å². The van der Waals surface area contributed by atoms with Crippen molar-refractivity contribution in [3.63, 3.8) is 0 Å². The molecule has 0 atom stereocenters. The van der Waals surface area contributed by atoms with E-state index in [1.807, 2.05) is 32.9 Å². The SMILES string of the molecule is Cc1ccc(-n2c(=O)n(CC(C)C)c(=O)c3c2ncn3Cc2ccc(F)c(F)c2)cc1. The molecule has 0 bridgehead atoms. The van der Waals surface area contributed by atoms with Crippen molar-refractivity contribution < 1.29 is 8.78 Å². The molecule has 0 unspecified atom stereocenters. The van der Waals surface area contributed by atoms with Crippen LogP contribution in [0.3, 0.4) is 0 Å². The molecule has 0 aliphatic heterocycles. The van der Waals surface area contributed by atoms with Crippen molar-refractivity contribution in [3.05, 3.63) is 92.4 Å². The number of halogens is 2. The molecule has 0 N–H and O–H groups in total. The van der Waals surface area contributed by atoms with E-state index in [1.165, 1.54) is 21.5 Å². The van der Waals surface area contributed by atoms with Crippen LogP contribution < -0.4 is 11.2 Å². The minimum Gasteiger partial charge on any atom is -0.320 e. The van der Waals surface area contributed by atoms with Crippen LogP contribution in [0.25, 0.3) is 16.9 Å². The molecule has 0 amide bonds. The fourth-order valence-corrected chi connectivity index (χ4v) is 3.59. The molecular formula is C23H22F2N4O2. The highest BCUT2D eigenvalue weighted by atomic mass is 19.2. The summed E-state index contributed by atoms with van der Waals surface area (Å²) in [5.41, 5.74) is 1.63. The van der Waals surface area contributed by atoms with Crippen molar-refractivity contribution in [2.75, 3.05) is 0 Å². The first-order valence-electron chi connectivity index (χ1n) is 9.98. The zero-order valence-electron chi connectivity index (χ0n) is 17.5. The van der Waals surface area contributed by atoms with Gasteiger partial charge in [-0.2, -0.15) is 0 Å². The third-order valence-corrected chi connectivity index (χ3v) is 5.08. The lowest BCUT2D eigenvalue weighted by Crippen LogP contribution is -2.41. The minimum atomic E-state index is -0.962. The van der Waals surface area contributed by atoms with E-state index in [4.69, 9.17) is 0 Å². The van der Waals surface area contributed by atoms with Crippen LogP contribution in [0, 0.1) is 24.5 Å². The lowest BCUT2D eigenvalue weighted by Gasteiger charge is -2.14. The molecule has 2 heterocycles. The summed E-state index contributed by atoms with van der Waals surface area (Å²) in [7, 11) is 0. The summed E-state index contributed by atoms with van der Waals surface area (Å²) in [5.74, 6) is -1.83. The number of rotatable bonds is 5. The van der Waals surface area contributed by atoms with Gasteiger partial charge in [0, 0.05) is 13.1 Å². The maximum absolute atomic E-state index is 13.7. The fraction of sp³-hybridized carbons (Fsp3) is 0.261. The Morgan fingerprint density at radius 1 is 1.00 bits per heavy atom. The number of benzene rings is 2. The Morgan fingerprint density at radius 2 is 1.71 bits per heavy atom. The first-order valence-corrected chi connectivity index (χ1v) is 9.98. The number of hydrogen-bond acceptors (Lipinski definition) is 3. The number of aryl methyl sites for hydroxylation is 1. The summed E-state index contributed by atoms with van der Waals surface area (Å²) < 4.78 is 31.1. The molecule has 4 aromatic rings. The van der Waals surface area contributed by atoms with Gasteiger partial charge in [0.1, 0.15) is 0 Å². The van der Waals surface area contributed by atoms with E-state index < -0.39 is 22.9 Å². The largest absolute Gasteiger partial charge is 0.337 e. The molecule has 31 heavy (non-hydrogen) atoms. The van der Waals surface area contributed by atoms with Crippen molar-refractivity contribution in [3.8, 4) is 5.69 Å². The molecule has 0 spiro atoms. The van der Waals surface area contributed by atoms with Gasteiger partial charge in [0.05, 0.1) is 12.0 Å². The summed E-state index contributed by atoms with van der Waals surface area (Å²) >= 11 is 0. The van der Waals surface area contributed by atoms with Gasteiger partial charge in [0.15, 0.2) is 22.8 Å². The van der Waals surface area contributed by atoms with E-state index in [2.05, 4.69) is 4.98 Å². The van der Waals surface area contributed by atoms with Gasteiger partial charge in [-0.3, -0.25) is 9.36 Å². The van der Waals surface area contributed by atoms with Gasteiger partial charge in [-0.15, -0.1) is 0 Å². The van der Waals surface area contributed by atoms with Crippen LogP contribution in [0.1, 0.15) is 25.0 Å². The van der Waals surface area contributed by atoms with E-state index in [0.29, 0.717) is 11.3 Å². The average Bonchev–Trinajstić information content (AvgIpc) is 3.12. The Morgan fingerprint density at radius 3 is 2.35 bits per heavy atom. The molecule has 0 fully saturated rings. The smallest absolute Gasteiger partial charge is 0.320 e. The maximum atomic E-state index is 13.7.